The van der Waals surface area contributed by atoms with Gasteiger partial charge in [-0.15, -0.1) is 24.0 Å². The van der Waals surface area contributed by atoms with Crippen LogP contribution in [0.2, 0.25) is 0 Å². The van der Waals surface area contributed by atoms with Crippen LogP contribution in [0, 0.1) is 5.92 Å². The van der Waals surface area contributed by atoms with Gasteiger partial charge in [-0.1, -0.05) is 20.3 Å². The molecule has 0 aromatic rings. The zero-order chi connectivity index (χ0) is 13.2. The van der Waals surface area contributed by atoms with E-state index >= 15 is 0 Å². The molecule has 1 heterocycles. The van der Waals surface area contributed by atoms with Crippen LogP contribution in [0.3, 0.4) is 0 Å². The number of aliphatic imine (C=N–C) groups is 1. The van der Waals surface area contributed by atoms with Crippen LogP contribution in [0.25, 0.3) is 0 Å². The summed E-state index contributed by atoms with van der Waals surface area (Å²) in [5.74, 6) is 1.80. The van der Waals surface area contributed by atoms with E-state index in [1.807, 2.05) is 7.05 Å². The Balaban J connectivity index is 0.00000324. The third-order valence-electron chi connectivity index (χ3n) is 3.51. The predicted molar refractivity (Wildman–Crippen MR) is 94.5 cm³/mol. The van der Waals surface area contributed by atoms with E-state index < -0.39 is 0 Å². The molecule has 114 valence electrons. The van der Waals surface area contributed by atoms with Gasteiger partial charge in [0.2, 0.25) is 0 Å². The van der Waals surface area contributed by atoms with Crippen molar-refractivity contribution in [2.24, 2.45) is 10.9 Å². The van der Waals surface area contributed by atoms with Gasteiger partial charge in [-0.25, -0.2) is 0 Å². The quantitative estimate of drug-likeness (QED) is 0.321. The summed E-state index contributed by atoms with van der Waals surface area (Å²) in [5, 5.41) is 6.72. The van der Waals surface area contributed by atoms with Crippen molar-refractivity contribution in [3.63, 3.8) is 0 Å². The zero-order valence-corrected chi connectivity index (χ0v) is 15.1. The van der Waals surface area contributed by atoms with Gasteiger partial charge in [-0.05, 0) is 31.7 Å². The second kappa shape index (κ2) is 11.8. The molecule has 0 spiro atoms. The van der Waals surface area contributed by atoms with Gasteiger partial charge in [-0.3, -0.25) is 4.99 Å². The molecule has 4 nitrogen and oxygen atoms in total. The lowest BCUT2D eigenvalue weighted by Crippen LogP contribution is -2.43. The number of halogens is 1. The highest BCUT2D eigenvalue weighted by Crippen LogP contribution is 2.14. The third-order valence-corrected chi connectivity index (χ3v) is 3.51. The Bertz CT molecular complexity index is 246. The predicted octanol–water partition coefficient (Wildman–Crippen LogP) is 2.30. The lowest BCUT2D eigenvalue weighted by atomic mass is 10.0. The van der Waals surface area contributed by atoms with Crippen LogP contribution in [0.4, 0.5) is 0 Å². The molecular weight excluding hydrogens is 351 g/mol. The molecule has 0 saturated carbocycles. The smallest absolute Gasteiger partial charge is 0.191 e. The van der Waals surface area contributed by atoms with Gasteiger partial charge in [0.25, 0.3) is 0 Å². The summed E-state index contributed by atoms with van der Waals surface area (Å²) >= 11 is 0. The van der Waals surface area contributed by atoms with Crippen LogP contribution in [-0.4, -0.2) is 50.6 Å². The number of unbranched alkanes of at least 4 members (excludes halogenated alkanes) is 1. The van der Waals surface area contributed by atoms with Crippen molar-refractivity contribution in [1.82, 2.24) is 15.5 Å². The number of nitrogens with zero attached hydrogens (tertiary/aromatic N) is 2. The van der Waals surface area contributed by atoms with Crippen molar-refractivity contribution in [1.29, 1.82) is 0 Å². The summed E-state index contributed by atoms with van der Waals surface area (Å²) in [6.07, 6.45) is 5.16. The van der Waals surface area contributed by atoms with Crippen molar-refractivity contribution >= 4 is 29.9 Å². The van der Waals surface area contributed by atoms with E-state index in [0.29, 0.717) is 0 Å². The number of likely N-dealkylation sites (tertiary alicyclic amines) is 1. The van der Waals surface area contributed by atoms with Crippen molar-refractivity contribution < 1.29 is 0 Å². The second-order valence-corrected chi connectivity index (χ2v) is 5.33. The van der Waals surface area contributed by atoms with Crippen LogP contribution in [0.1, 0.15) is 39.5 Å². The maximum absolute atomic E-state index is 4.23. The molecule has 5 heteroatoms. The van der Waals surface area contributed by atoms with Gasteiger partial charge in [-0.2, -0.15) is 0 Å². The Morgan fingerprint density at radius 3 is 2.68 bits per heavy atom. The van der Waals surface area contributed by atoms with E-state index in [1.54, 1.807) is 0 Å². The number of rotatable bonds is 6. The Hall–Kier alpha value is -0.0400. The first-order chi connectivity index (χ1) is 8.76. The summed E-state index contributed by atoms with van der Waals surface area (Å²) in [6, 6.07) is 0. The van der Waals surface area contributed by atoms with Crippen LogP contribution >= 0.6 is 24.0 Å². The Labute approximate surface area is 135 Å². The third kappa shape index (κ3) is 8.68. The Morgan fingerprint density at radius 1 is 1.32 bits per heavy atom. The van der Waals surface area contributed by atoms with Crippen molar-refractivity contribution in [2.45, 2.75) is 39.5 Å². The summed E-state index contributed by atoms with van der Waals surface area (Å²) in [4.78, 5) is 6.79. The van der Waals surface area contributed by atoms with E-state index in [-0.39, 0.29) is 24.0 Å². The van der Waals surface area contributed by atoms with E-state index in [9.17, 15) is 0 Å². The number of hydrogen-bond donors (Lipinski definition) is 2. The number of nitrogens with one attached hydrogen (secondary N) is 2. The fourth-order valence-electron chi connectivity index (χ4n) is 2.43. The first kappa shape index (κ1) is 19.0. The topological polar surface area (TPSA) is 39.7 Å². The molecular formula is C14H31IN4. The molecule has 1 aliphatic heterocycles. The highest BCUT2D eigenvalue weighted by molar-refractivity contribution is 14.0. The summed E-state index contributed by atoms with van der Waals surface area (Å²) < 4.78 is 0. The second-order valence-electron chi connectivity index (χ2n) is 5.33. The minimum atomic E-state index is 0. The monoisotopic (exact) mass is 382 g/mol. The van der Waals surface area contributed by atoms with Crippen LogP contribution < -0.4 is 10.6 Å². The molecule has 2 N–H and O–H groups in total. The number of hydrogen-bond acceptors (Lipinski definition) is 2. The standard InChI is InChI=1S/C14H30N4.HI/c1-4-5-8-16-14(15-3)17-9-11-18-10-6-7-13(2)12-18;/h13H,4-12H2,1-3H3,(H2,15,16,17);1H. The molecule has 1 saturated heterocycles. The van der Waals surface area contributed by atoms with Gasteiger partial charge < -0.3 is 15.5 Å². The normalized spacial score (nSPS) is 20.8. The number of piperidine rings is 1. The summed E-state index contributed by atoms with van der Waals surface area (Å²) in [7, 11) is 1.84. The largest absolute Gasteiger partial charge is 0.356 e. The minimum Gasteiger partial charge on any atom is -0.356 e. The van der Waals surface area contributed by atoms with Crippen LogP contribution in [0.5, 0.6) is 0 Å². The molecule has 1 aliphatic rings. The Morgan fingerprint density at radius 2 is 2.05 bits per heavy atom. The maximum atomic E-state index is 4.23. The van der Waals surface area contributed by atoms with E-state index in [0.717, 1.165) is 31.5 Å². The molecule has 0 aromatic heterocycles. The molecule has 19 heavy (non-hydrogen) atoms. The molecule has 1 rings (SSSR count). The SMILES string of the molecule is CCCCNC(=NC)NCCN1CCCC(C)C1.I. The lowest BCUT2D eigenvalue weighted by Gasteiger charge is -2.30. The fraction of sp³-hybridized carbons (Fsp3) is 0.929. The first-order valence-electron chi connectivity index (χ1n) is 7.43. The molecule has 0 bridgehead atoms. The maximum Gasteiger partial charge on any atom is 0.191 e. The molecule has 1 atom stereocenters. The molecule has 1 fully saturated rings. The van der Waals surface area contributed by atoms with E-state index in [4.69, 9.17) is 0 Å². The lowest BCUT2D eigenvalue weighted by molar-refractivity contribution is 0.187. The minimum absolute atomic E-state index is 0. The molecule has 0 aromatic carbocycles. The molecule has 0 radical (unpaired) electrons. The Kier molecular flexibility index (Phi) is 11.7. The first-order valence-corrected chi connectivity index (χ1v) is 7.43. The van der Waals surface area contributed by atoms with Crippen molar-refractivity contribution in [2.75, 3.05) is 39.8 Å². The highest BCUT2D eigenvalue weighted by atomic mass is 127. The summed E-state index contributed by atoms with van der Waals surface area (Å²) in [5.41, 5.74) is 0. The van der Waals surface area contributed by atoms with Crippen molar-refractivity contribution in [3.05, 3.63) is 0 Å². The average molecular weight is 382 g/mol. The zero-order valence-electron chi connectivity index (χ0n) is 12.7. The van der Waals surface area contributed by atoms with Gasteiger partial charge in [0.05, 0.1) is 0 Å². The average Bonchev–Trinajstić information content (AvgIpc) is 2.37. The fourth-order valence-corrected chi connectivity index (χ4v) is 2.43. The molecule has 0 aliphatic carbocycles. The van der Waals surface area contributed by atoms with Gasteiger partial charge in [0.1, 0.15) is 0 Å². The summed E-state index contributed by atoms with van der Waals surface area (Å²) in [6.45, 7) is 10.2. The van der Waals surface area contributed by atoms with E-state index in [2.05, 4.69) is 34.4 Å². The van der Waals surface area contributed by atoms with Gasteiger partial charge in [0, 0.05) is 33.2 Å². The molecule has 0 amide bonds. The van der Waals surface area contributed by atoms with Gasteiger partial charge >= 0.3 is 0 Å². The number of guanidine groups is 1. The molecule has 1 unspecified atom stereocenters. The van der Waals surface area contributed by atoms with E-state index in [1.165, 1.54) is 38.8 Å². The highest BCUT2D eigenvalue weighted by Gasteiger charge is 2.15. The van der Waals surface area contributed by atoms with Crippen LogP contribution in [0.15, 0.2) is 4.99 Å². The van der Waals surface area contributed by atoms with Crippen LogP contribution in [-0.2, 0) is 0 Å². The van der Waals surface area contributed by atoms with Crippen molar-refractivity contribution in [3.8, 4) is 0 Å². The van der Waals surface area contributed by atoms with Gasteiger partial charge in [0.15, 0.2) is 5.96 Å².